The highest BCUT2D eigenvalue weighted by atomic mass is 16.5. The fourth-order valence-corrected chi connectivity index (χ4v) is 4.08. The van der Waals surface area contributed by atoms with Crippen LogP contribution < -0.4 is 5.32 Å². The van der Waals surface area contributed by atoms with Crippen LogP contribution in [-0.2, 0) is 11.8 Å². The number of anilines is 2. The summed E-state index contributed by atoms with van der Waals surface area (Å²) in [6.07, 6.45) is 6.17. The van der Waals surface area contributed by atoms with Gasteiger partial charge in [-0.25, -0.2) is 9.78 Å². The van der Waals surface area contributed by atoms with Gasteiger partial charge in [-0.1, -0.05) is 12.1 Å². The number of benzene rings is 2. The lowest BCUT2D eigenvalue weighted by Gasteiger charge is -2.12. The number of aryl methyl sites for hydroxylation is 1. The summed E-state index contributed by atoms with van der Waals surface area (Å²) in [4.78, 5) is 16.9. The van der Waals surface area contributed by atoms with Gasteiger partial charge in [0.25, 0.3) is 0 Å². The van der Waals surface area contributed by atoms with E-state index in [4.69, 9.17) is 4.74 Å². The number of carbonyl (C=O) groups is 1. The second-order valence-corrected chi connectivity index (χ2v) is 8.13. The SMILES string of the molecule is COC(=O)c1cc(C2CC2)cnc1Nc1ccc2c(c1)c(-c1cccc(C#N)c1)cn2C. The Labute approximate surface area is 186 Å². The Balaban J connectivity index is 1.56. The van der Waals surface area contributed by atoms with Gasteiger partial charge in [-0.05, 0) is 66.3 Å². The van der Waals surface area contributed by atoms with Gasteiger partial charge in [0.05, 0.1) is 18.7 Å². The predicted molar refractivity (Wildman–Crippen MR) is 124 cm³/mol. The van der Waals surface area contributed by atoms with E-state index in [2.05, 4.69) is 27.1 Å². The van der Waals surface area contributed by atoms with Gasteiger partial charge in [0.2, 0.25) is 0 Å². The number of carbonyl (C=O) groups excluding carboxylic acids is 1. The number of nitriles is 1. The molecule has 2 heterocycles. The fourth-order valence-electron chi connectivity index (χ4n) is 4.08. The molecular formula is C26H22N4O2. The summed E-state index contributed by atoms with van der Waals surface area (Å²) in [7, 11) is 3.38. The second kappa shape index (κ2) is 7.86. The molecule has 1 saturated carbocycles. The number of methoxy groups -OCH3 is 1. The summed E-state index contributed by atoms with van der Waals surface area (Å²) in [6, 6.07) is 17.7. The summed E-state index contributed by atoms with van der Waals surface area (Å²) in [5.41, 5.74) is 6.04. The molecule has 1 fully saturated rings. The van der Waals surface area contributed by atoms with E-state index < -0.39 is 5.97 Å². The Morgan fingerprint density at radius 1 is 1.22 bits per heavy atom. The van der Waals surface area contributed by atoms with E-state index >= 15 is 0 Å². The number of ether oxygens (including phenoxy) is 1. The van der Waals surface area contributed by atoms with E-state index in [1.54, 1.807) is 6.07 Å². The maximum atomic E-state index is 12.4. The first-order chi connectivity index (χ1) is 15.6. The van der Waals surface area contributed by atoms with Crippen LogP contribution >= 0.6 is 0 Å². The van der Waals surface area contributed by atoms with Crippen LogP contribution in [0.4, 0.5) is 11.5 Å². The molecular weight excluding hydrogens is 400 g/mol. The molecule has 0 amide bonds. The number of rotatable bonds is 5. The number of nitrogens with zero attached hydrogens (tertiary/aromatic N) is 3. The Morgan fingerprint density at radius 2 is 2.06 bits per heavy atom. The number of esters is 1. The Bertz CT molecular complexity index is 1390. The maximum Gasteiger partial charge on any atom is 0.341 e. The first-order valence-corrected chi connectivity index (χ1v) is 10.5. The van der Waals surface area contributed by atoms with Crippen molar-refractivity contribution in [2.24, 2.45) is 7.05 Å². The van der Waals surface area contributed by atoms with E-state index in [9.17, 15) is 10.1 Å². The number of nitrogens with one attached hydrogen (secondary N) is 1. The zero-order chi connectivity index (χ0) is 22.2. The van der Waals surface area contributed by atoms with Crippen molar-refractivity contribution in [3.05, 3.63) is 77.6 Å². The van der Waals surface area contributed by atoms with E-state index in [-0.39, 0.29) is 0 Å². The molecule has 0 unspecified atom stereocenters. The highest BCUT2D eigenvalue weighted by Crippen LogP contribution is 2.41. The lowest BCUT2D eigenvalue weighted by atomic mass is 10.0. The zero-order valence-corrected chi connectivity index (χ0v) is 17.9. The third kappa shape index (κ3) is 3.58. The van der Waals surface area contributed by atoms with Crippen molar-refractivity contribution in [1.29, 1.82) is 5.26 Å². The van der Waals surface area contributed by atoms with E-state index in [1.165, 1.54) is 7.11 Å². The third-order valence-electron chi connectivity index (χ3n) is 5.92. The van der Waals surface area contributed by atoms with E-state index in [0.717, 1.165) is 46.1 Å². The molecule has 0 bridgehead atoms. The van der Waals surface area contributed by atoms with Gasteiger partial charge < -0.3 is 14.6 Å². The standard InChI is InChI=1S/C26H22N4O2/c1-30-15-23(18-5-3-4-16(10-18)13-27)21-12-20(8-9-24(21)30)29-25-22(26(31)32-2)11-19(14-28-25)17-6-7-17/h3-5,8-12,14-15,17H,6-7H2,1-2H3,(H,28,29). The highest BCUT2D eigenvalue weighted by Gasteiger charge is 2.26. The van der Waals surface area contributed by atoms with Crippen molar-refractivity contribution in [1.82, 2.24) is 9.55 Å². The molecule has 2 aromatic carbocycles. The van der Waals surface area contributed by atoms with Gasteiger partial charge in [-0.3, -0.25) is 0 Å². The molecule has 2 aromatic heterocycles. The second-order valence-electron chi connectivity index (χ2n) is 8.13. The van der Waals surface area contributed by atoms with Crippen molar-refractivity contribution in [2.45, 2.75) is 18.8 Å². The average molecular weight is 422 g/mol. The number of hydrogen-bond donors (Lipinski definition) is 1. The fraction of sp³-hybridized carbons (Fsp3) is 0.192. The number of hydrogen-bond acceptors (Lipinski definition) is 5. The van der Waals surface area contributed by atoms with Crippen LogP contribution in [0.1, 0.15) is 40.2 Å². The van der Waals surface area contributed by atoms with Gasteiger partial charge in [0.15, 0.2) is 0 Å². The Kier molecular flexibility index (Phi) is 4.87. The summed E-state index contributed by atoms with van der Waals surface area (Å²) < 4.78 is 7.06. The van der Waals surface area contributed by atoms with Gasteiger partial charge in [0.1, 0.15) is 11.4 Å². The van der Waals surface area contributed by atoms with Crippen molar-refractivity contribution < 1.29 is 9.53 Å². The minimum Gasteiger partial charge on any atom is -0.465 e. The number of fused-ring (bicyclic) bond motifs is 1. The normalized spacial score (nSPS) is 13.0. The smallest absolute Gasteiger partial charge is 0.341 e. The van der Waals surface area contributed by atoms with Crippen molar-refractivity contribution in [3.8, 4) is 17.2 Å². The lowest BCUT2D eigenvalue weighted by molar-refractivity contribution is 0.0601. The lowest BCUT2D eigenvalue weighted by Crippen LogP contribution is -2.08. The zero-order valence-electron chi connectivity index (χ0n) is 17.9. The van der Waals surface area contributed by atoms with E-state index in [0.29, 0.717) is 22.9 Å². The first-order valence-electron chi connectivity index (χ1n) is 10.5. The van der Waals surface area contributed by atoms with Crippen LogP contribution in [0.25, 0.3) is 22.0 Å². The molecule has 6 nitrogen and oxygen atoms in total. The molecule has 158 valence electrons. The van der Waals surface area contributed by atoms with Crippen LogP contribution in [-0.4, -0.2) is 22.6 Å². The largest absolute Gasteiger partial charge is 0.465 e. The van der Waals surface area contributed by atoms with Crippen LogP contribution in [0.15, 0.2) is 60.9 Å². The van der Waals surface area contributed by atoms with Gasteiger partial charge >= 0.3 is 5.97 Å². The molecule has 0 spiro atoms. The molecule has 0 radical (unpaired) electrons. The molecule has 4 aromatic rings. The van der Waals surface area contributed by atoms with Crippen LogP contribution in [0, 0.1) is 11.3 Å². The molecule has 1 N–H and O–H groups in total. The Morgan fingerprint density at radius 3 is 2.81 bits per heavy atom. The molecule has 0 atom stereocenters. The summed E-state index contributed by atoms with van der Waals surface area (Å²) in [6.45, 7) is 0. The number of aromatic nitrogens is 2. The van der Waals surface area contributed by atoms with Crippen LogP contribution in [0.5, 0.6) is 0 Å². The van der Waals surface area contributed by atoms with Gasteiger partial charge in [-0.15, -0.1) is 0 Å². The quantitative estimate of drug-likeness (QED) is 0.428. The minimum absolute atomic E-state index is 0.405. The number of pyridine rings is 1. The molecule has 6 heteroatoms. The molecule has 1 aliphatic carbocycles. The molecule has 0 saturated heterocycles. The monoisotopic (exact) mass is 422 g/mol. The topological polar surface area (TPSA) is 79.9 Å². The molecule has 5 rings (SSSR count). The molecule has 32 heavy (non-hydrogen) atoms. The summed E-state index contributed by atoms with van der Waals surface area (Å²) >= 11 is 0. The van der Waals surface area contributed by atoms with Crippen LogP contribution in [0.2, 0.25) is 0 Å². The molecule has 1 aliphatic rings. The van der Waals surface area contributed by atoms with Crippen LogP contribution in [0.3, 0.4) is 0 Å². The van der Waals surface area contributed by atoms with Crippen molar-refractivity contribution in [3.63, 3.8) is 0 Å². The minimum atomic E-state index is -0.405. The van der Waals surface area contributed by atoms with Crippen molar-refractivity contribution in [2.75, 3.05) is 12.4 Å². The molecule has 0 aliphatic heterocycles. The average Bonchev–Trinajstić information content (AvgIpc) is 3.62. The highest BCUT2D eigenvalue weighted by molar-refractivity contribution is 5.99. The first kappa shape index (κ1) is 19.8. The summed E-state index contributed by atoms with van der Waals surface area (Å²) in [5.74, 6) is 0.564. The predicted octanol–water partition coefficient (Wildman–Crippen LogP) is 5.52. The third-order valence-corrected chi connectivity index (χ3v) is 5.92. The van der Waals surface area contributed by atoms with Gasteiger partial charge in [0, 0.05) is 41.6 Å². The van der Waals surface area contributed by atoms with Crippen molar-refractivity contribution >= 4 is 28.4 Å². The van der Waals surface area contributed by atoms with E-state index in [1.807, 2.05) is 55.7 Å². The summed E-state index contributed by atoms with van der Waals surface area (Å²) in [5, 5.41) is 13.6. The maximum absolute atomic E-state index is 12.4. The van der Waals surface area contributed by atoms with Gasteiger partial charge in [-0.2, -0.15) is 5.26 Å². The Hall–Kier alpha value is -4.11.